The largest absolute Gasteiger partial charge is 0.493 e. The van der Waals surface area contributed by atoms with Crippen LogP contribution in [-0.4, -0.2) is 11.7 Å². The van der Waals surface area contributed by atoms with Crippen molar-refractivity contribution in [3.8, 4) is 5.75 Å². The van der Waals surface area contributed by atoms with Crippen molar-refractivity contribution < 1.29 is 9.84 Å². The average molecular weight is 284 g/mol. The predicted octanol–water partition coefficient (Wildman–Crippen LogP) is 4.37. The summed E-state index contributed by atoms with van der Waals surface area (Å²) in [5.74, 6) is 0.789. The number of benzene rings is 2. The summed E-state index contributed by atoms with van der Waals surface area (Å²) in [7, 11) is 0. The third kappa shape index (κ3) is 4.08. The molecule has 2 nitrogen and oxygen atoms in total. The molecule has 0 bridgehead atoms. The molecule has 112 valence electrons. The number of hydrogen-bond donors (Lipinski definition) is 1. The third-order valence-corrected chi connectivity index (χ3v) is 3.66. The van der Waals surface area contributed by atoms with E-state index in [9.17, 15) is 5.11 Å². The molecule has 1 unspecified atom stereocenters. The minimum Gasteiger partial charge on any atom is -0.493 e. The Hall–Kier alpha value is -1.80. The van der Waals surface area contributed by atoms with Gasteiger partial charge in [0, 0.05) is 12.0 Å². The Morgan fingerprint density at radius 2 is 1.86 bits per heavy atom. The van der Waals surface area contributed by atoms with E-state index in [2.05, 4.69) is 39.0 Å². The van der Waals surface area contributed by atoms with Crippen LogP contribution in [0.3, 0.4) is 0 Å². The highest BCUT2D eigenvalue weighted by Gasteiger charge is 2.15. The van der Waals surface area contributed by atoms with Gasteiger partial charge >= 0.3 is 0 Å². The van der Waals surface area contributed by atoms with E-state index in [1.165, 1.54) is 16.7 Å². The van der Waals surface area contributed by atoms with E-state index in [1.54, 1.807) is 0 Å². The normalized spacial score (nSPS) is 12.2. The number of rotatable bonds is 6. The highest BCUT2D eigenvalue weighted by molar-refractivity contribution is 5.37. The molecule has 0 aliphatic carbocycles. The first kappa shape index (κ1) is 15.6. The molecule has 0 saturated carbocycles. The van der Waals surface area contributed by atoms with Crippen molar-refractivity contribution in [3.63, 3.8) is 0 Å². The summed E-state index contributed by atoms with van der Waals surface area (Å²) in [5, 5.41) is 10.6. The molecule has 0 spiro atoms. The Bertz CT molecular complexity index is 590. The molecular formula is C19H24O2. The monoisotopic (exact) mass is 284 g/mol. The number of aliphatic hydroxyl groups is 1. The maximum atomic E-state index is 10.6. The summed E-state index contributed by atoms with van der Waals surface area (Å²) < 4.78 is 5.74. The van der Waals surface area contributed by atoms with Gasteiger partial charge in [-0.15, -0.1) is 0 Å². The standard InChI is InChI=1S/C19H24O2/c1-4-11-21-19-8-6-5-7-17(19)18(20)13-16-12-14(2)9-10-15(16)3/h5-10,12,18,20H,4,11,13H2,1-3H3. The molecule has 2 heteroatoms. The fourth-order valence-corrected chi connectivity index (χ4v) is 2.44. The van der Waals surface area contributed by atoms with Crippen LogP contribution in [0.2, 0.25) is 0 Å². The van der Waals surface area contributed by atoms with E-state index < -0.39 is 6.10 Å². The lowest BCUT2D eigenvalue weighted by molar-refractivity contribution is 0.171. The van der Waals surface area contributed by atoms with Gasteiger partial charge in [0.05, 0.1) is 12.7 Å². The molecule has 0 saturated heterocycles. The maximum Gasteiger partial charge on any atom is 0.125 e. The fourth-order valence-electron chi connectivity index (χ4n) is 2.44. The van der Waals surface area contributed by atoms with Crippen LogP contribution in [-0.2, 0) is 6.42 Å². The molecule has 1 atom stereocenters. The van der Waals surface area contributed by atoms with Gasteiger partial charge in [0.1, 0.15) is 5.75 Å². The molecule has 2 aromatic carbocycles. The van der Waals surface area contributed by atoms with Gasteiger partial charge in [-0.1, -0.05) is 48.9 Å². The first-order chi connectivity index (χ1) is 10.1. The minimum absolute atomic E-state index is 0.543. The number of para-hydroxylation sites is 1. The highest BCUT2D eigenvalue weighted by atomic mass is 16.5. The van der Waals surface area contributed by atoms with Crippen LogP contribution in [0.25, 0.3) is 0 Å². The molecular weight excluding hydrogens is 260 g/mol. The van der Waals surface area contributed by atoms with Crippen LogP contribution < -0.4 is 4.74 Å². The van der Waals surface area contributed by atoms with Gasteiger partial charge in [-0.2, -0.15) is 0 Å². The molecule has 1 N–H and O–H groups in total. The van der Waals surface area contributed by atoms with Crippen molar-refractivity contribution in [2.75, 3.05) is 6.61 Å². The predicted molar refractivity (Wildman–Crippen MR) is 86.8 cm³/mol. The van der Waals surface area contributed by atoms with Gasteiger partial charge in [0.2, 0.25) is 0 Å². The maximum absolute atomic E-state index is 10.6. The molecule has 0 aliphatic heterocycles. The van der Waals surface area contributed by atoms with Gasteiger partial charge in [0.15, 0.2) is 0 Å². The van der Waals surface area contributed by atoms with E-state index in [0.717, 1.165) is 17.7 Å². The second kappa shape index (κ2) is 7.28. The Kier molecular flexibility index (Phi) is 5.40. The summed E-state index contributed by atoms with van der Waals surface area (Å²) in [6.07, 6.45) is 1.03. The number of hydrogen-bond acceptors (Lipinski definition) is 2. The van der Waals surface area contributed by atoms with E-state index in [0.29, 0.717) is 13.0 Å². The van der Waals surface area contributed by atoms with Crippen molar-refractivity contribution in [3.05, 3.63) is 64.7 Å². The van der Waals surface area contributed by atoms with Crippen LogP contribution in [0.1, 0.15) is 41.7 Å². The minimum atomic E-state index is -0.543. The molecule has 2 rings (SSSR count). The lowest BCUT2D eigenvalue weighted by Crippen LogP contribution is -2.07. The van der Waals surface area contributed by atoms with Crippen LogP contribution >= 0.6 is 0 Å². The summed E-state index contributed by atoms with van der Waals surface area (Å²) >= 11 is 0. The Morgan fingerprint density at radius 1 is 1.10 bits per heavy atom. The van der Waals surface area contributed by atoms with Gasteiger partial charge in [0.25, 0.3) is 0 Å². The molecule has 21 heavy (non-hydrogen) atoms. The number of ether oxygens (including phenoxy) is 1. The first-order valence-electron chi connectivity index (χ1n) is 7.57. The molecule has 0 aliphatic rings. The van der Waals surface area contributed by atoms with E-state index in [1.807, 2.05) is 24.3 Å². The van der Waals surface area contributed by atoms with E-state index >= 15 is 0 Å². The van der Waals surface area contributed by atoms with Crippen LogP contribution in [0.4, 0.5) is 0 Å². The van der Waals surface area contributed by atoms with Crippen molar-refractivity contribution in [1.82, 2.24) is 0 Å². The molecule has 0 heterocycles. The van der Waals surface area contributed by atoms with Gasteiger partial charge in [-0.25, -0.2) is 0 Å². The smallest absolute Gasteiger partial charge is 0.125 e. The summed E-state index contributed by atoms with van der Waals surface area (Å²) in [6.45, 7) is 6.91. The van der Waals surface area contributed by atoms with Crippen LogP contribution in [0.5, 0.6) is 5.75 Å². The first-order valence-corrected chi connectivity index (χ1v) is 7.57. The second-order valence-corrected chi connectivity index (χ2v) is 5.54. The fraction of sp³-hybridized carbons (Fsp3) is 0.368. The Labute approximate surface area is 127 Å². The zero-order valence-electron chi connectivity index (χ0n) is 13.1. The van der Waals surface area contributed by atoms with Gasteiger partial charge < -0.3 is 9.84 Å². The molecule has 0 fully saturated rings. The van der Waals surface area contributed by atoms with Gasteiger partial charge in [-0.3, -0.25) is 0 Å². The lowest BCUT2D eigenvalue weighted by Gasteiger charge is -2.17. The van der Waals surface area contributed by atoms with Crippen LogP contribution in [0.15, 0.2) is 42.5 Å². The zero-order valence-corrected chi connectivity index (χ0v) is 13.1. The van der Waals surface area contributed by atoms with Crippen molar-refractivity contribution in [2.45, 2.75) is 39.7 Å². The van der Waals surface area contributed by atoms with E-state index in [-0.39, 0.29) is 0 Å². The Morgan fingerprint density at radius 3 is 2.62 bits per heavy atom. The molecule has 2 aromatic rings. The summed E-state index contributed by atoms with van der Waals surface area (Å²) in [6, 6.07) is 14.1. The molecule has 0 aromatic heterocycles. The molecule has 0 radical (unpaired) electrons. The van der Waals surface area contributed by atoms with Crippen molar-refractivity contribution in [2.24, 2.45) is 0 Å². The van der Waals surface area contributed by atoms with Crippen LogP contribution in [0, 0.1) is 13.8 Å². The zero-order chi connectivity index (χ0) is 15.2. The van der Waals surface area contributed by atoms with Gasteiger partial charge in [-0.05, 0) is 37.5 Å². The topological polar surface area (TPSA) is 29.5 Å². The third-order valence-electron chi connectivity index (χ3n) is 3.66. The van der Waals surface area contributed by atoms with Crippen molar-refractivity contribution in [1.29, 1.82) is 0 Å². The number of aryl methyl sites for hydroxylation is 2. The average Bonchev–Trinajstić information content (AvgIpc) is 2.49. The summed E-state index contributed by atoms with van der Waals surface area (Å²) in [5.41, 5.74) is 4.49. The SMILES string of the molecule is CCCOc1ccccc1C(O)Cc1cc(C)ccc1C. The highest BCUT2D eigenvalue weighted by Crippen LogP contribution is 2.28. The number of aliphatic hydroxyl groups excluding tert-OH is 1. The summed E-state index contributed by atoms with van der Waals surface area (Å²) in [4.78, 5) is 0. The van der Waals surface area contributed by atoms with E-state index in [4.69, 9.17) is 4.74 Å². The lowest BCUT2D eigenvalue weighted by atomic mass is 9.96. The molecule has 0 amide bonds. The Balaban J connectivity index is 2.20. The van der Waals surface area contributed by atoms with Crippen molar-refractivity contribution >= 4 is 0 Å². The quantitative estimate of drug-likeness (QED) is 0.853. The second-order valence-electron chi connectivity index (χ2n) is 5.54.